The van der Waals surface area contributed by atoms with Crippen LogP contribution in [0.3, 0.4) is 0 Å². The van der Waals surface area contributed by atoms with Crippen LogP contribution in [0.15, 0.2) is 89.1 Å². The van der Waals surface area contributed by atoms with E-state index >= 15 is 0 Å². The number of rotatable bonds is 4. The molecule has 0 spiro atoms. The highest BCUT2D eigenvalue weighted by molar-refractivity contribution is 9.10. The molecule has 5 heteroatoms. The first-order chi connectivity index (χ1) is 14.5. The third-order valence-corrected chi connectivity index (χ3v) is 5.28. The van der Waals surface area contributed by atoms with Crippen LogP contribution >= 0.6 is 15.9 Å². The maximum atomic E-state index is 12.7. The monoisotopic (exact) mass is 460 g/mol. The number of carbonyl (C=O) groups is 2. The highest BCUT2D eigenvalue weighted by atomic mass is 79.9. The van der Waals surface area contributed by atoms with Crippen molar-refractivity contribution >= 4 is 33.8 Å². The number of esters is 1. The summed E-state index contributed by atoms with van der Waals surface area (Å²) in [5, 5.41) is 0. The number of halogens is 1. The van der Waals surface area contributed by atoms with E-state index in [4.69, 9.17) is 9.47 Å². The maximum absolute atomic E-state index is 12.7. The van der Waals surface area contributed by atoms with Crippen LogP contribution in [0.2, 0.25) is 0 Å². The smallest absolute Gasteiger partial charge is 0.344 e. The Bertz CT molecular complexity index is 1190. The van der Waals surface area contributed by atoms with Crippen LogP contribution in [-0.2, 0) is 0 Å². The van der Waals surface area contributed by atoms with Gasteiger partial charge in [0.2, 0.25) is 5.78 Å². The van der Waals surface area contributed by atoms with E-state index in [0.717, 1.165) is 5.56 Å². The molecule has 0 amide bonds. The van der Waals surface area contributed by atoms with E-state index in [-0.39, 0.29) is 11.5 Å². The third-order valence-electron chi connectivity index (χ3n) is 4.58. The molecule has 0 unspecified atom stereocenters. The van der Waals surface area contributed by atoms with E-state index in [2.05, 4.69) is 15.9 Å². The first-order valence-corrected chi connectivity index (χ1v) is 10.1. The molecule has 0 N–H and O–H groups in total. The van der Waals surface area contributed by atoms with Crippen LogP contribution in [0, 0.1) is 6.92 Å². The summed E-state index contributed by atoms with van der Waals surface area (Å²) in [6.07, 6.45) is 5.31. The van der Waals surface area contributed by atoms with Gasteiger partial charge in [0.05, 0.1) is 11.1 Å². The van der Waals surface area contributed by atoms with Crippen LogP contribution in [0.5, 0.6) is 11.5 Å². The van der Waals surface area contributed by atoms with Crippen molar-refractivity contribution in [3.05, 3.63) is 111 Å². The number of ketones is 1. The molecule has 0 aromatic heterocycles. The molecular formula is C25H17BrO4. The van der Waals surface area contributed by atoms with Gasteiger partial charge >= 0.3 is 5.97 Å². The second-order valence-corrected chi connectivity index (χ2v) is 7.57. The molecule has 4 nitrogen and oxygen atoms in total. The number of fused-ring (bicyclic) bond motifs is 1. The quantitative estimate of drug-likeness (QED) is 0.266. The number of Topliss-reactive ketones (excluding diaryl/α,β-unsaturated/α-hetero) is 1. The Balaban J connectivity index is 1.55. The predicted octanol–water partition coefficient (Wildman–Crippen LogP) is 6.15. The average Bonchev–Trinajstić information content (AvgIpc) is 3.05. The maximum Gasteiger partial charge on any atom is 0.344 e. The Morgan fingerprint density at radius 1 is 1.03 bits per heavy atom. The summed E-state index contributed by atoms with van der Waals surface area (Å²) in [5.74, 6) is 0.251. The Hall–Kier alpha value is -3.44. The molecule has 1 aliphatic rings. The van der Waals surface area contributed by atoms with Gasteiger partial charge in [0.15, 0.2) is 5.76 Å². The normalized spacial score (nSPS) is 14.1. The lowest BCUT2D eigenvalue weighted by Crippen LogP contribution is -2.09. The summed E-state index contributed by atoms with van der Waals surface area (Å²) in [7, 11) is 0. The fourth-order valence-electron chi connectivity index (χ4n) is 3.15. The van der Waals surface area contributed by atoms with Crippen LogP contribution in [0.25, 0.3) is 6.08 Å². The molecule has 1 heterocycles. The van der Waals surface area contributed by atoms with Gasteiger partial charge in [-0.25, -0.2) is 4.79 Å². The minimum Gasteiger partial charge on any atom is -0.452 e. The number of aryl methyl sites for hydroxylation is 1. The van der Waals surface area contributed by atoms with Gasteiger partial charge in [-0.3, -0.25) is 4.79 Å². The zero-order valence-electron chi connectivity index (χ0n) is 16.1. The zero-order chi connectivity index (χ0) is 21.1. The molecule has 4 rings (SSSR count). The van der Waals surface area contributed by atoms with Gasteiger partial charge in [0.1, 0.15) is 11.5 Å². The topological polar surface area (TPSA) is 52.6 Å². The molecule has 0 atom stereocenters. The standard InChI is InChI=1S/C25H17BrO4/c1-16-14-18(29-25(28)19-11-5-6-12-20(19)26)15-22-23(16)24(27)21(30-22)13-7-10-17-8-3-2-4-9-17/h2-15H,1H3/b10-7+,21-13-. The van der Waals surface area contributed by atoms with Crippen LogP contribution in [0.1, 0.15) is 31.8 Å². The lowest BCUT2D eigenvalue weighted by atomic mass is 10.0. The largest absolute Gasteiger partial charge is 0.452 e. The minimum atomic E-state index is -0.493. The van der Waals surface area contributed by atoms with Gasteiger partial charge in [0, 0.05) is 10.5 Å². The molecule has 0 aliphatic carbocycles. The highest BCUT2D eigenvalue weighted by Crippen LogP contribution is 2.37. The Morgan fingerprint density at radius 3 is 2.53 bits per heavy atom. The lowest BCUT2D eigenvalue weighted by Gasteiger charge is -2.08. The summed E-state index contributed by atoms with van der Waals surface area (Å²) in [6.45, 7) is 1.79. The van der Waals surface area contributed by atoms with Crippen LogP contribution < -0.4 is 9.47 Å². The van der Waals surface area contributed by atoms with E-state index in [1.807, 2.05) is 42.5 Å². The molecule has 3 aromatic carbocycles. The summed E-state index contributed by atoms with van der Waals surface area (Å²) in [4.78, 5) is 25.2. The van der Waals surface area contributed by atoms with Gasteiger partial charge in [-0.15, -0.1) is 0 Å². The van der Waals surface area contributed by atoms with Crippen molar-refractivity contribution in [3.8, 4) is 11.5 Å². The molecule has 1 aliphatic heterocycles. The zero-order valence-corrected chi connectivity index (χ0v) is 17.7. The van der Waals surface area contributed by atoms with Crippen molar-refractivity contribution in [3.63, 3.8) is 0 Å². The Labute approximate surface area is 182 Å². The minimum absolute atomic E-state index is 0.191. The number of hydrogen-bond donors (Lipinski definition) is 0. The molecule has 0 saturated heterocycles. The van der Waals surface area contributed by atoms with Gasteiger partial charge in [-0.1, -0.05) is 54.6 Å². The molecule has 3 aromatic rings. The number of ether oxygens (including phenoxy) is 2. The first kappa shape index (κ1) is 19.9. The second-order valence-electron chi connectivity index (χ2n) is 6.71. The van der Waals surface area contributed by atoms with Crippen molar-refractivity contribution in [2.24, 2.45) is 0 Å². The van der Waals surface area contributed by atoms with Crippen LogP contribution in [-0.4, -0.2) is 11.8 Å². The van der Waals surface area contributed by atoms with Crippen molar-refractivity contribution in [1.82, 2.24) is 0 Å². The summed E-state index contributed by atoms with van der Waals surface area (Å²) in [6, 6.07) is 20.0. The van der Waals surface area contributed by atoms with E-state index in [1.165, 1.54) is 0 Å². The molecular weight excluding hydrogens is 444 g/mol. The fraction of sp³-hybridized carbons (Fsp3) is 0.0400. The van der Waals surface area contributed by atoms with Crippen LogP contribution in [0.4, 0.5) is 0 Å². The summed E-state index contributed by atoms with van der Waals surface area (Å²) >= 11 is 3.35. The van der Waals surface area contributed by atoms with E-state index in [9.17, 15) is 9.59 Å². The predicted molar refractivity (Wildman–Crippen MR) is 119 cm³/mol. The first-order valence-electron chi connectivity index (χ1n) is 9.30. The molecule has 30 heavy (non-hydrogen) atoms. The third kappa shape index (κ3) is 4.11. The number of carbonyl (C=O) groups excluding carboxylic acids is 2. The van der Waals surface area contributed by atoms with E-state index < -0.39 is 5.97 Å². The highest BCUT2D eigenvalue weighted by Gasteiger charge is 2.30. The molecule has 0 fully saturated rings. The molecule has 0 radical (unpaired) electrons. The number of allylic oxidation sites excluding steroid dienone is 3. The lowest BCUT2D eigenvalue weighted by molar-refractivity contribution is 0.0733. The summed E-state index contributed by atoms with van der Waals surface area (Å²) in [5.41, 5.74) is 2.60. The van der Waals surface area contributed by atoms with Crippen molar-refractivity contribution < 1.29 is 19.1 Å². The van der Waals surface area contributed by atoms with Gasteiger partial charge < -0.3 is 9.47 Å². The van der Waals surface area contributed by atoms with E-state index in [0.29, 0.717) is 32.7 Å². The Kier molecular flexibility index (Phi) is 5.63. The fourth-order valence-corrected chi connectivity index (χ4v) is 3.60. The Morgan fingerprint density at radius 2 is 1.77 bits per heavy atom. The summed E-state index contributed by atoms with van der Waals surface area (Å²) < 4.78 is 11.9. The van der Waals surface area contributed by atoms with Crippen molar-refractivity contribution in [1.29, 1.82) is 0 Å². The van der Waals surface area contributed by atoms with Gasteiger partial charge in [0.25, 0.3) is 0 Å². The number of hydrogen-bond acceptors (Lipinski definition) is 4. The van der Waals surface area contributed by atoms with Gasteiger partial charge in [-0.05, 0) is 58.3 Å². The van der Waals surface area contributed by atoms with E-state index in [1.54, 1.807) is 49.4 Å². The van der Waals surface area contributed by atoms with Gasteiger partial charge in [-0.2, -0.15) is 0 Å². The number of benzene rings is 3. The average molecular weight is 461 g/mol. The van der Waals surface area contributed by atoms with Crippen molar-refractivity contribution in [2.45, 2.75) is 6.92 Å². The SMILES string of the molecule is Cc1cc(OC(=O)c2ccccc2Br)cc2c1C(=O)/C(=C/C=C/c1ccccc1)O2. The second kappa shape index (κ2) is 8.51. The van der Waals surface area contributed by atoms with Crippen molar-refractivity contribution in [2.75, 3.05) is 0 Å². The molecule has 0 saturated carbocycles. The molecule has 0 bridgehead atoms. The molecule has 148 valence electrons.